The Morgan fingerprint density at radius 1 is 1.42 bits per heavy atom. The van der Waals surface area contributed by atoms with Gasteiger partial charge in [0.1, 0.15) is 0 Å². The van der Waals surface area contributed by atoms with E-state index < -0.39 is 5.97 Å². The minimum absolute atomic E-state index is 0.0265. The topological polar surface area (TPSA) is 52.1 Å². The summed E-state index contributed by atoms with van der Waals surface area (Å²) in [6, 6.07) is 0. The fourth-order valence-corrected chi connectivity index (χ4v) is 3.11. The second kappa shape index (κ2) is 4.58. The lowest BCUT2D eigenvalue weighted by Crippen LogP contribution is -2.36. The van der Waals surface area contributed by atoms with E-state index in [0.717, 1.165) is 30.7 Å². The molecule has 0 aliphatic heterocycles. The number of ether oxygens (including phenoxy) is 1. The molecule has 0 fully saturated rings. The molecule has 4 heteroatoms. The predicted octanol–water partition coefficient (Wildman–Crippen LogP) is 2.90. The summed E-state index contributed by atoms with van der Waals surface area (Å²) >= 11 is 0. The number of carbonyl (C=O) groups excluding carboxylic acids is 1. The predicted molar refractivity (Wildman–Crippen MR) is 73.1 cm³/mol. The number of methoxy groups -OCH3 is 1. The van der Waals surface area contributed by atoms with Gasteiger partial charge in [-0.05, 0) is 18.3 Å². The van der Waals surface area contributed by atoms with Crippen LogP contribution in [-0.2, 0) is 16.6 Å². The van der Waals surface area contributed by atoms with Crippen molar-refractivity contribution in [3.05, 3.63) is 23.3 Å². The molecule has 1 heterocycles. The molecule has 0 amide bonds. The van der Waals surface area contributed by atoms with Crippen LogP contribution in [0.25, 0.3) is 0 Å². The summed E-state index contributed by atoms with van der Waals surface area (Å²) < 4.78 is 4.71. The maximum atomic E-state index is 11.5. The Hall–Kier alpha value is -1.45. The van der Waals surface area contributed by atoms with E-state index in [0.29, 0.717) is 5.69 Å². The molecule has 0 bridgehead atoms. The van der Waals surface area contributed by atoms with Gasteiger partial charge in [0, 0.05) is 5.41 Å². The molecule has 0 N–H and O–H groups in total. The first kappa shape index (κ1) is 14.0. The van der Waals surface area contributed by atoms with Gasteiger partial charge in [0.2, 0.25) is 0 Å². The van der Waals surface area contributed by atoms with Crippen molar-refractivity contribution < 1.29 is 9.53 Å². The van der Waals surface area contributed by atoms with Gasteiger partial charge in [-0.3, -0.25) is 4.98 Å². The summed E-state index contributed by atoms with van der Waals surface area (Å²) in [5.74, 6) is -0.419. The number of esters is 1. The van der Waals surface area contributed by atoms with Crippen molar-refractivity contribution in [2.75, 3.05) is 7.11 Å². The lowest BCUT2D eigenvalue weighted by molar-refractivity contribution is 0.0593. The number of hydrogen-bond acceptors (Lipinski definition) is 4. The van der Waals surface area contributed by atoms with Crippen LogP contribution in [0, 0.1) is 5.41 Å². The highest BCUT2D eigenvalue weighted by atomic mass is 16.5. The van der Waals surface area contributed by atoms with E-state index in [9.17, 15) is 4.79 Å². The van der Waals surface area contributed by atoms with Crippen LogP contribution >= 0.6 is 0 Å². The highest BCUT2D eigenvalue weighted by Crippen LogP contribution is 2.52. The molecule has 0 saturated carbocycles. The highest BCUT2D eigenvalue weighted by Gasteiger charge is 2.50. The van der Waals surface area contributed by atoms with E-state index >= 15 is 0 Å². The molecule has 0 saturated heterocycles. The van der Waals surface area contributed by atoms with Crippen molar-refractivity contribution in [3.8, 4) is 0 Å². The van der Waals surface area contributed by atoms with Crippen molar-refractivity contribution in [2.24, 2.45) is 5.41 Å². The molecular weight excluding hydrogens is 240 g/mol. The molecule has 19 heavy (non-hydrogen) atoms. The van der Waals surface area contributed by atoms with Gasteiger partial charge in [-0.2, -0.15) is 0 Å². The molecule has 2 rings (SSSR count). The van der Waals surface area contributed by atoms with Gasteiger partial charge in [-0.1, -0.05) is 34.1 Å². The Kier molecular flexibility index (Phi) is 3.37. The Morgan fingerprint density at radius 3 is 2.68 bits per heavy atom. The van der Waals surface area contributed by atoms with Crippen molar-refractivity contribution in [1.29, 1.82) is 0 Å². The van der Waals surface area contributed by atoms with Crippen LogP contribution in [0.1, 0.15) is 62.4 Å². The zero-order chi connectivity index (χ0) is 14.3. The Balaban J connectivity index is 2.48. The van der Waals surface area contributed by atoms with Crippen molar-refractivity contribution >= 4 is 5.97 Å². The van der Waals surface area contributed by atoms with Crippen LogP contribution in [0.15, 0.2) is 6.20 Å². The molecule has 0 radical (unpaired) electrons. The van der Waals surface area contributed by atoms with Crippen molar-refractivity contribution in [1.82, 2.24) is 9.97 Å². The standard InChI is InChI=1S/C15H22N2O2/c1-6-7-15(4)12-10(8-14(15,2)3)17-11(9-16-12)13(18)19-5/h9H,6-8H2,1-5H3. The van der Waals surface area contributed by atoms with Gasteiger partial charge >= 0.3 is 5.97 Å². The Bertz CT molecular complexity index is 511. The molecule has 1 unspecified atom stereocenters. The fraction of sp³-hybridized carbons (Fsp3) is 0.667. The fourth-order valence-electron chi connectivity index (χ4n) is 3.11. The van der Waals surface area contributed by atoms with Gasteiger partial charge in [0.15, 0.2) is 5.69 Å². The molecule has 1 aliphatic carbocycles. The quantitative estimate of drug-likeness (QED) is 0.786. The van der Waals surface area contributed by atoms with Gasteiger partial charge in [-0.25, -0.2) is 9.78 Å². The first-order valence-corrected chi connectivity index (χ1v) is 6.80. The number of carbonyl (C=O) groups is 1. The van der Waals surface area contributed by atoms with Gasteiger partial charge in [0.25, 0.3) is 0 Å². The van der Waals surface area contributed by atoms with E-state index in [4.69, 9.17) is 4.74 Å². The minimum Gasteiger partial charge on any atom is -0.464 e. The average Bonchev–Trinajstić information content (AvgIpc) is 2.55. The number of fused-ring (bicyclic) bond motifs is 1. The van der Waals surface area contributed by atoms with Gasteiger partial charge in [0.05, 0.1) is 24.7 Å². The van der Waals surface area contributed by atoms with E-state index in [1.807, 2.05) is 0 Å². The van der Waals surface area contributed by atoms with Crippen molar-refractivity contribution in [2.45, 2.75) is 52.4 Å². The second-order valence-corrected chi connectivity index (χ2v) is 6.18. The maximum Gasteiger partial charge on any atom is 0.358 e. The van der Waals surface area contributed by atoms with Crippen LogP contribution in [0.5, 0.6) is 0 Å². The van der Waals surface area contributed by atoms with Gasteiger partial charge in [-0.15, -0.1) is 0 Å². The monoisotopic (exact) mass is 262 g/mol. The highest BCUT2D eigenvalue weighted by molar-refractivity contribution is 5.86. The van der Waals surface area contributed by atoms with Crippen LogP contribution < -0.4 is 0 Å². The molecule has 0 aromatic carbocycles. The second-order valence-electron chi connectivity index (χ2n) is 6.18. The molecule has 104 valence electrons. The van der Waals surface area contributed by atoms with Crippen LogP contribution in [0.2, 0.25) is 0 Å². The van der Waals surface area contributed by atoms with Gasteiger partial charge < -0.3 is 4.74 Å². The van der Waals surface area contributed by atoms with E-state index in [1.165, 1.54) is 7.11 Å². The lowest BCUT2D eigenvalue weighted by atomic mass is 9.66. The molecule has 1 aliphatic rings. The summed E-state index contributed by atoms with van der Waals surface area (Å²) in [6.07, 6.45) is 4.59. The Labute approximate surface area is 114 Å². The third-order valence-electron chi connectivity index (χ3n) is 4.61. The van der Waals surface area contributed by atoms with E-state index in [-0.39, 0.29) is 10.8 Å². The third kappa shape index (κ3) is 2.03. The maximum absolute atomic E-state index is 11.5. The van der Waals surface area contributed by atoms with Crippen LogP contribution in [0.3, 0.4) is 0 Å². The smallest absolute Gasteiger partial charge is 0.358 e. The zero-order valence-corrected chi connectivity index (χ0v) is 12.4. The number of aromatic nitrogens is 2. The number of rotatable bonds is 3. The summed E-state index contributed by atoms with van der Waals surface area (Å²) in [5, 5.41) is 0. The summed E-state index contributed by atoms with van der Waals surface area (Å²) in [5.41, 5.74) is 2.44. The van der Waals surface area contributed by atoms with E-state index in [1.54, 1.807) is 6.20 Å². The minimum atomic E-state index is -0.419. The molecule has 1 aromatic heterocycles. The van der Waals surface area contributed by atoms with Crippen molar-refractivity contribution in [3.63, 3.8) is 0 Å². The summed E-state index contributed by atoms with van der Waals surface area (Å²) in [4.78, 5) is 20.5. The Morgan fingerprint density at radius 2 is 2.11 bits per heavy atom. The largest absolute Gasteiger partial charge is 0.464 e. The SMILES string of the molecule is CCCC1(C)c2ncc(C(=O)OC)nc2CC1(C)C. The first-order chi connectivity index (χ1) is 8.85. The number of nitrogens with zero attached hydrogens (tertiary/aromatic N) is 2. The summed E-state index contributed by atoms with van der Waals surface area (Å²) in [6.45, 7) is 8.96. The zero-order valence-electron chi connectivity index (χ0n) is 12.4. The molecule has 0 spiro atoms. The van der Waals surface area contributed by atoms with E-state index in [2.05, 4.69) is 37.7 Å². The normalized spacial score (nSPS) is 24.1. The third-order valence-corrected chi connectivity index (χ3v) is 4.61. The van der Waals surface area contributed by atoms with Crippen LogP contribution in [-0.4, -0.2) is 23.0 Å². The molecule has 1 aromatic rings. The molecule has 4 nitrogen and oxygen atoms in total. The van der Waals surface area contributed by atoms with Crippen LogP contribution in [0.4, 0.5) is 0 Å². The molecular formula is C15H22N2O2. The lowest BCUT2D eigenvalue weighted by Gasteiger charge is -2.38. The average molecular weight is 262 g/mol. The molecule has 1 atom stereocenters. The summed E-state index contributed by atoms with van der Waals surface area (Å²) in [7, 11) is 1.36. The number of hydrogen-bond donors (Lipinski definition) is 0. The first-order valence-electron chi connectivity index (χ1n) is 6.80.